The number of amides is 1. The normalized spacial score (nSPS) is 17.5. The summed E-state index contributed by atoms with van der Waals surface area (Å²) in [5.41, 5.74) is 4.51. The summed E-state index contributed by atoms with van der Waals surface area (Å²) in [5, 5.41) is 4.63. The highest BCUT2D eigenvalue weighted by Crippen LogP contribution is 2.35. The summed E-state index contributed by atoms with van der Waals surface area (Å²) >= 11 is 1.61. The first kappa shape index (κ1) is 20.2. The SMILES string of the molecule is C[C@@H]1CCc2c(sc3ncn([C@@H](C)C(=O)N/N=C/C=C/c4ccccc4)c(=O)c23)C1. The number of aryl methyl sites for hydroxylation is 1. The minimum atomic E-state index is -0.706. The lowest BCUT2D eigenvalue weighted by atomic mass is 9.89. The van der Waals surface area contributed by atoms with Crippen molar-refractivity contribution in [1.29, 1.82) is 0 Å². The van der Waals surface area contributed by atoms with Crippen molar-refractivity contribution in [2.75, 3.05) is 0 Å². The number of hydrogen-bond acceptors (Lipinski definition) is 5. The zero-order valence-electron chi connectivity index (χ0n) is 17.0. The third-order valence-electron chi connectivity index (χ3n) is 5.46. The fourth-order valence-electron chi connectivity index (χ4n) is 3.70. The van der Waals surface area contributed by atoms with E-state index in [2.05, 4.69) is 22.4 Å². The molecule has 2 atom stereocenters. The van der Waals surface area contributed by atoms with Crippen LogP contribution in [0.4, 0.5) is 0 Å². The Morgan fingerprint density at radius 2 is 2.17 bits per heavy atom. The number of rotatable bonds is 5. The Kier molecular flexibility index (Phi) is 5.90. The Labute approximate surface area is 179 Å². The molecule has 2 aromatic heterocycles. The average molecular weight is 421 g/mol. The Morgan fingerprint density at radius 3 is 2.97 bits per heavy atom. The molecule has 0 spiro atoms. The molecule has 1 amide bonds. The zero-order chi connectivity index (χ0) is 21.1. The Bertz CT molecular complexity index is 1180. The number of hydrazone groups is 1. The first-order chi connectivity index (χ1) is 14.5. The quantitative estimate of drug-likeness (QED) is 0.501. The molecule has 7 heteroatoms. The van der Waals surface area contributed by atoms with Gasteiger partial charge in [-0.05, 0) is 49.3 Å². The van der Waals surface area contributed by atoms with Crippen LogP contribution in [0, 0.1) is 5.92 Å². The van der Waals surface area contributed by atoms with Crippen molar-refractivity contribution in [3.63, 3.8) is 0 Å². The predicted octanol–water partition coefficient (Wildman–Crippen LogP) is 3.96. The van der Waals surface area contributed by atoms with E-state index in [4.69, 9.17) is 0 Å². The van der Waals surface area contributed by atoms with Crippen LogP contribution in [0.5, 0.6) is 0 Å². The zero-order valence-corrected chi connectivity index (χ0v) is 17.9. The van der Waals surface area contributed by atoms with Crippen molar-refractivity contribution in [3.8, 4) is 0 Å². The largest absolute Gasteiger partial charge is 0.286 e. The molecule has 0 bridgehead atoms. The molecule has 0 radical (unpaired) electrons. The first-order valence-corrected chi connectivity index (χ1v) is 10.9. The Balaban J connectivity index is 1.48. The van der Waals surface area contributed by atoms with Crippen molar-refractivity contribution in [2.45, 2.75) is 39.2 Å². The van der Waals surface area contributed by atoms with E-state index in [0.717, 1.165) is 35.2 Å². The van der Waals surface area contributed by atoms with Gasteiger partial charge in [0.1, 0.15) is 10.9 Å². The van der Waals surface area contributed by atoms with Crippen LogP contribution in [-0.4, -0.2) is 21.7 Å². The molecule has 0 saturated carbocycles. The second-order valence-electron chi connectivity index (χ2n) is 7.69. The smallest absolute Gasteiger partial charge is 0.263 e. The summed E-state index contributed by atoms with van der Waals surface area (Å²) in [5.74, 6) is 0.270. The van der Waals surface area contributed by atoms with E-state index in [0.29, 0.717) is 11.3 Å². The molecule has 1 aliphatic rings. The van der Waals surface area contributed by atoms with Crippen LogP contribution < -0.4 is 11.0 Å². The van der Waals surface area contributed by atoms with Crippen LogP contribution >= 0.6 is 11.3 Å². The third kappa shape index (κ3) is 4.11. The van der Waals surface area contributed by atoms with Gasteiger partial charge >= 0.3 is 0 Å². The summed E-state index contributed by atoms with van der Waals surface area (Å²) in [7, 11) is 0. The molecule has 1 N–H and O–H groups in total. The molecular formula is C23H24N4O2S. The predicted molar refractivity (Wildman–Crippen MR) is 122 cm³/mol. The average Bonchev–Trinajstić information content (AvgIpc) is 3.12. The van der Waals surface area contributed by atoms with Gasteiger partial charge < -0.3 is 0 Å². The summed E-state index contributed by atoms with van der Waals surface area (Å²) in [4.78, 5) is 32.1. The molecule has 0 unspecified atom stereocenters. The molecule has 2 heterocycles. The monoisotopic (exact) mass is 420 g/mol. The molecule has 154 valence electrons. The van der Waals surface area contributed by atoms with E-state index in [1.54, 1.807) is 24.3 Å². The van der Waals surface area contributed by atoms with Gasteiger partial charge in [0.2, 0.25) is 0 Å². The van der Waals surface area contributed by atoms with Crippen LogP contribution in [0.15, 0.2) is 52.6 Å². The maximum atomic E-state index is 13.1. The second-order valence-corrected chi connectivity index (χ2v) is 8.77. The number of benzene rings is 1. The highest BCUT2D eigenvalue weighted by atomic mass is 32.1. The molecule has 30 heavy (non-hydrogen) atoms. The lowest BCUT2D eigenvalue weighted by Gasteiger charge is -2.18. The summed E-state index contributed by atoms with van der Waals surface area (Å²) in [6.07, 6.45) is 9.60. The fourth-order valence-corrected chi connectivity index (χ4v) is 5.04. The van der Waals surface area contributed by atoms with Gasteiger partial charge in [-0.2, -0.15) is 5.10 Å². The molecule has 3 aromatic rings. The van der Waals surface area contributed by atoms with Crippen LogP contribution in [0.25, 0.3) is 16.3 Å². The summed E-state index contributed by atoms with van der Waals surface area (Å²) < 4.78 is 1.40. The van der Waals surface area contributed by atoms with Gasteiger partial charge in [0.15, 0.2) is 0 Å². The van der Waals surface area contributed by atoms with Crippen LogP contribution in [0.3, 0.4) is 0 Å². The minimum absolute atomic E-state index is 0.150. The van der Waals surface area contributed by atoms with E-state index >= 15 is 0 Å². The lowest BCUT2D eigenvalue weighted by Crippen LogP contribution is -2.34. The maximum Gasteiger partial charge on any atom is 0.263 e. The van der Waals surface area contributed by atoms with E-state index < -0.39 is 6.04 Å². The van der Waals surface area contributed by atoms with Gasteiger partial charge in [-0.15, -0.1) is 11.3 Å². The number of fused-ring (bicyclic) bond motifs is 3. The third-order valence-corrected chi connectivity index (χ3v) is 6.62. The Hall–Kier alpha value is -3.06. The molecule has 6 nitrogen and oxygen atoms in total. The van der Waals surface area contributed by atoms with Gasteiger partial charge in [0.05, 0.1) is 11.7 Å². The molecule has 1 aliphatic carbocycles. The minimum Gasteiger partial charge on any atom is -0.286 e. The van der Waals surface area contributed by atoms with E-state index in [1.165, 1.54) is 22.0 Å². The van der Waals surface area contributed by atoms with Crippen molar-refractivity contribution in [2.24, 2.45) is 11.0 Å². The van der Waals surface area contributed by atoms with E-state index in [1.807, 2.05) is 36.4 Å². The molecular weight excluding hydrogens is 396 g/mol. The number of carbonyl (C=O) groups is 1. The lowest BCUT2D eigenvalue weighted by molar-refractivity contribution is -0.123. The van der Waals surface area contributed by atoms with Crippen LogP contribution in [-0.2, 0) is 17.6 Å². The van der Waals surface area contributed by atoms with E-state index in [-0.39, 0.29) is 11.5 Å². The van der Waals surface area contributed by atoms with Crippen LogP contribution in [0.2, 0.25) is 0 Å². The number of carbonyl (C=O) groups excluding carboxylic acids is 1. The number of thiophene rings is 1. The van der Waals surface area contributed by atoms with Gasteiger partial charge in [-0.25, -0.2) is 10.4 Å². The molecule has 4 rings (SSSR count). The van der Waals surface area contributed by atoms with Crippen molar-refractivity contribution < 1.29 is 4.79 Å². The number of allylic oxidation sites excluding steroid dienone is 1. The number of nitrogens with one attached hydrogen (secondary N) is 1. The van der Waals surface area contributed by atoms with Gasteiger partial charge in [0, 0.05) is 11.1 Å². The molecule has 0 aliphatic heterocycles. The highest BCUT2D eigenvalue weighted by molar-refractivity contribution is 7.18. The molecule has 0 saturated heterocycles. The second kappa shape index (κ2) is 8.75. The van der Waals surface area contributed by atoms with Crippen LogP contribution in [0.1, 0.15) is 42.3 Å². The Morgan fingerprint density at radius 1 is 1.37 bits per heavy atom. The maximum absolute atomic E-state index is 13.1. The van der Waals surface area contributed by atoms with Gasteiger partial charge in [-0.1, -0.05) is 43.3 Å². The molecule has 0 fully saturated rings. The van der Waals surface area contributed by atoms with E-state index in [9.17, 15) is 9.59 Å². The topological polar surface area (TPSA) is 76.3 Å². The van der Waals surface area contributed by atoms with Crippen molar-refractivity contribution in [1.82, 2.24) is 15.0 Å². The fraction of sp³-hybridized carbons (Fsp3) is 0.304. The highest BCUT2D eigenvalue weighted by Gasteiger charge is 2.25. The van der Waals surface area contributed by atoms with Gasteiger partial charge in [-0.3, -0.25) is 14.2 Å². The van der Waals surface area contributed by atoms with Crippen molar-refractivity contribution >= 4 is 39.8 Å². The van der Waals surface area contributed by atoms with Gasteiger partial charge in [0.25, 0.3) is 11.5 Å². The first-order valence-electron chi connectivity index (χ1n) is 10.1. The molecule has 1 aromatic carbocycles. The standard InChI is InChI=1S/C23H24N4O2S/c1-15-10-11-18-19(13-15)30-22-20(18)23(29)27(14-24-22)16(2)21(28)26-25-12-6-9-17-7-4-3-5-8-17/h3-9,12,14-16H,10-11,13H2,1-2H3,(H,26,28)/b9-6+,25-12+/t15-,16+/m1/s1. The van der Waals surface area contributed by atoms with Crippen molar-refractivity contribution in [3.05, 3.63) is 69.1 Å². The summed E-state index contributed by atoms with van der Waals surface area (Å²) in [6, 6.07) is 9.10. The number of hydrogen-bond donors (Lipinski definition) is 1. The number of aromatic nitrogens is 2. The summed E-state index contributed by atoms with van der Waals surface area (Å²) in [6.45, 7) is 3.92. The number of nitrogens with zero attached hydrogens (tertiary/aromatic N) is 3.